The van der Waals surface area contributed by atoms with E-state index in [2.05, 4.69) is 0 Å². The van der Waals surface area contributed by atoms with E-state index in [0.29, 0.717) is 0 Å². The number of nitrogens with two attached hydrogens (primary N) is 1. The number of ether oxygens (including phenoxy) is 2. The molecule has 3 nitrogen and oxygen atoms in total. The van der Waals surface area contributed by atoms with Crippen LogP contribution >= 0.6 is 0 Å². The summed E-state index contributed by atoms with van der Waals surface area (Å²) in [5.74, 6) is -0.375. The van der Waals surface area contributed by atoms with Crippen molar-refractivity contribution in [2.75, 3.05) is 13.2 Å². The quantitative estimate of drug-likeness (QED) is 0.528. The van der Waals surface area contributed by atoms with Gasteiger partial charge in [-0.15, -0.1) is 0 Å². The Kier molecular flexibility index (Phi) is 1.44. The van der Waals surface area contributed by atoms with Gasteiger partial charge < -0.3 is 15.2 Å². The van der Waals surface area contributed by atoms with Gasteiger partial charge in [0.2, 0.25) is 0 Å². The summed E-state index contributed by atoms with van der Waals surface area (Å²) in [6.07, 6.45) is 3.02. The molecule has 10 heavy (non-hydrogen) atoms. The van der Waals surface area contributed by atoms with Gasteiger partial charge in [0.05, 0.1) is 19.3 Å². The van der Waals surface area contributed by atoms with Crippen molar-refractivity contribution >= 4 is 0 Å². The van der Waals surface area contributed by atoms with Crippen LogP contribution < -0.4 is 5.73 Å². The first kappa shape index (κ1) is 6.58. The minimum absolute atomic E-state index is 0.106. The molecule has 2 aliphatic rings. The maximum atomic E-state index is 5.82. The van der Waals surface area contributed by atoms with Crippen LogP contribution in [-0.2, 0) is 9.47 Å². The molecule has 2 atom stereocenters. The van der Waals surface area contributed by atoms with Crippen LogP contribution in [-0.4, -0.2) is 25.0 Å². The van der Waals surface area contributed by atoms with Crippen LogP contribution in [0.3, 0.4) is 0 Å². The van der Waals surface area contributed by atoms with Crippen LogP contribution in [0.4, 0.5) is 0 Å². The molecular weight excluding hydrogens is 130 g/mol. The molecule has 2 N–H and O–H groups in total. The fraction of sp³-hybridized carbons (Fsp3) is 1.00. The molecule has 0 radical (unpaired) electrons. The summed E-state index contributed by atoms with van der Waals surface area (Å²) in [6.45, 7) is 1.58. The van der Waals surface area contributed by atoms with Gasteiger partial charge >= 0.3 is 0 Å². The molecule has 2 fully saturated rings. The zero-order valence-electron chi connectivity index (χ0n) is 6.01. The van der Waals surface area contributed by atoms with Crippen molar-refractivity contribution in [2.45, 2.75) is 31.1 Å². The second-order valence-corrected chi connectivity index (χ2v) is 3.01. The average molecular weight is 143 g/mol. The molecule has 58 valence electrons. The Morgan fingerprint density at radius 1 is 1.30 bits per heavy atom. The molecule has 1 spiro atoms. The van der Waals surface area contributed by atoms with E-state index >= 15 is 0 Å². The van der Waals surface area contributed by atoms with Crippen molar-refractivity contribution in [1.29, 1.82) is 0 Å². The molecule has 0 saturated carbocycles. The van der Waals surface area contributed by atoms with Crippen LogP contribution in [0.2, 0.25) is 0 Å². The van der Waals surface area contributed by atoms with E-state index in [1.807, 2.05) is 0 Å². The van der Waals surface area contributed by atoms with E-state index in [9.17, 15) is 0 Å². The van der Waals surface area contributed by atoms with E-state index in [4.69, 9.17) is 15.2 Å². The molecule has 0 aliphatic carbocycles. The van der Waals surface area contributed by atoms with E-state index < -0.39 is 0 Å². The molecule has 2 unspecified atom stereocenters. The topological polar surface area (TPSA) is 44.5 Å². The lowest BCUT2D eigenvalue weighted by Crippen LogP contribution is -2.43. The monoisotopic (exact) mass is 143 g/mol. The van der Waals surface area contributed by atoms with Gasteiger partial charge in [-0.3, -0.25) is 0 Å². The predicted octanol–water partition coefficient (Wildman–Crippen LogP) is 0.241. The Hall–Kier alpha value is -0.120. The molecule has 2 heterocycles. The molecule has 0 aromatic rings. The van der Waals surface area contributed by atoms with Crippen molar-refractivity contribution in [2.24, 2.45) is 5.73 Å². The van der Waals surface area contributed by atoms with Crippen molar-refractivity contribution in [3.8, 4) is 0 Å². The van der Waals surface area contributed by atoms with Gasteiger partial charge in [-0.1, -0.05) is 0 Å². The Bertz CT molecular complexity index is 126. The standard InChI is InChI=1S/C7H13NO2/c8-6-2-5-10-7(6)3-1-4-9-7/h6H,1-5,8H2. The molecule has 0 aromatic heterocycles. The van der Waals surface area contributed by atoms with Crippen molar-refractivity contribution in [3.05, 3.63) is 0 Å². The lowest BCUT2D eigenvalue weighted by atomic mass is 10.1. The van der Waals surface area contributed by atoms with Crippen molar-refractivity contribution < 1.29 is 9.47 Å². The second kappa shape index (κ2) is 2.19. The Morgan fingerprint density at radius 2 is 2.10 bits per heavy atom. The number of rotatable bonds is 0. The molecule has 3 heteroatoms. The highest BCUT2D eigenvalue weighted by atomic mass is 16.7. The van der Waals surface area contributed by atoms with Gasteiger partial charge in [-0.05, 0) is 12.8 Å². The maximum Gasteiger partial charge on any atom is 0.183 e. The molecule has 0 aromatic carbocycles. The van der Waals surface area contributed by atoms with E-state index in [1.165, 1.54) is 0 Å². The second-order valence-electron chi connectivity index (χ2n) is 3.01. The van der Waals surface area contributed by atoms with E-state index in [-0.39, 0.29) is 11.8 Å². The van der Waals surface area contributed by atoms with Crippen LogP contribution in [0.5, 0.6) is 0 Å². The lowest BCUT2D eigenvalue weighted by molar-refractivity contribution is -0.186. The summed E-state index contributed by atoms with van der Waals surface area (Å²) >= 11 is 0. The minimum atomic E-state index is -0.375. The van der Waals surface area contributed by atoms with Crippen molar-refractivity contribution in [1.82, 2.24) is 0 Å². The Labute approximate surface area is 60.5 Å². The normalized spacial score (nSPS) is 47.1. The van der Waals surface area contributed by atoms with Gasteiger partial charge in [0.15, 0.2) is 5.79 Å². The highest BCUT2D eigenvalue weighted by Gasteiger charge is 2.45. The van der Waals surface area contributed by atoms with Crippen LogP contribution in [0.1, 0.15) is 19.3 Å². The largest absolute Gasteiger partial charge is 0.348 e. The smallest absolute Gasteiger partial charge is 0.183 e. The summed E-state index contributed by atoms with van der Waals surface area (Å²) in [6, 6.07) is 0.106. The third kappa shape index (κ3) is 0.779. The predicted molar refractivity (Wildman–Crippen MR) is 36.5 cm³/mol. The first-order chi connectivity index (χ1) is 4.83. The highest BCUT2D eigenvalue weighted by molar-refractivity contribution is 4.90. The van der Waals surface area contributed by atoms with E-state index in [1.54, 1.807) is 0 Å². The molecule has 2 aliphatic heterocycles. The zero-order valence-corrected chi connectivity index (χ0v) is 6.01. The Morgan fingerprint density at radius 3 is 2.60 bits per heavy atom. The number of hydrogen-bond donors (Lipinski definition) is 1. The van der Waals surface area contributed by atoms with Gasteiger partial charge in [-0.25, -0.2) is 0 Å². The Balaban J connectivity index is 2.11. The van der Waals surface area contributed by atoms with Crippen LogP contribution in [0.15, 0.2) is 0 Å². The van der Waals surface area contributed by atoms with E-state index in [0.717, 1.165) is 32.5 Å². The third-order valence-corrected chi connectivity index (χ3v) is 2.36. The average Bonchev–Trinajstić information content (AvgIpc) is 2.48. The first-order valence-corrected chi connectivity index (χ1v) is 3.87. The fourth-order valence-electron chi connectivity index (χ4n) is 1.73. The molecule has 0 bridgehead atoms. The highest BCUT2D eigenvalue weighted by Crippen LogP contribution is 2.35. The zero-order chi connectivity index (χ0) is 7.03. The van der Waals surface area contributed by atoms with Crippen molar-refractivity contribution in [3.63, 3.8) is 0 Å². The molecule has 2 rings (SSSR count). The fourth-order valence-corrected chi connectivity index (χ4v) is 1.73. The molecular formula is C7H13NO2. The van der Waals surface area contributed by atoms with Gasteiger partial charge in [0, 0.05) is 6.42 Å². The molecule has 2 saturated heterocycles. The number of hydrogen-bond acceptors (Lipinski definition) is 3. The van der Waals surface area contributed by atoms with Crippen LogP contribution in [0, 0.1) is 0 Å². The molecule has 0 amide bonds. The summed E-state index contributed by atoms with van der Waals surface area (Å²) in [7, 11) is 0. The summed E-state index contributed by atoms with van der Waals surface area (Å²) in [5, 5.41) is 0. The van der Waals surface area contributed by atoms with Gasteiger partial charge in [0.25, 0.3) is 0 Å². The summed E-state index contributed by atoms with van der Waals surface area (Å²) < 4.78 is 10.9. The summed E-state index contributed by atoms with van der Waals surface area (Å²) in [5.41, 5.74) is 5.82. The first-order valence-electron chi connectivity index (χ1n) is 3.87. The van der Waals surface area contributed by atoms with Gasteiger partial charge in [0.1, 0.15) is 0 Å². The minimum Gasteiger partial charge on any atom is -0.348 e. The maximum absolute atomic E-state index is 5.82. The van der Waals surface area contributed by atoms with Gasteiger partial charge in [-0.2, -0.15) is 0 Å². The van der Waals surface area contributed by atoms with Crippen LogP contribution in [0.25, 0.3) is 0 Å². The lowest BCUT2D eigenvalue weighted by Gasteiger charge is -2.25. The SMILES string of the molecule is NC1CCOC12CCCO2. The summed E-state index contributed by atoms with van der Waals surface area (Å²) in [4.78, 5) is 0. The third-order valence-electron chi connectivity index (χ3n) is 2.36.